The smallest absolute Gasteiger partial charge is 0.383 e. The largest absolute Gasteiger partial charge is 0.416 e. The Hall–Kier alpha value is -3.06. The molecule has 2 aromatic carbocycles. The average Bonchev–Trinajstić information content (AvgIpc) is 2.72. The Labute approximate surface area is 187 Å². The number of methoxy groups -OCH3 is 1. The fraction of sp³-hybridized carbons (Fsp3) is 0.391. The summed E-state index contributed by atoms with van der Waals surface area (Å²) in [5.41, 5.74) is -3.78. The molecule has 10 heteroatoms. The molecule has 2 rings (SSSR count). The van der Waals surface area contributed by atoms with E-state index in [1.54, 1.807) is 6.92 Å². The molecule has 2 aromatic rings. The third-order valence-electron chi connectivity index (χ3n) is 4.96. The highest BCUT2D eigenvalue weighted by molar-refractivity contribution is 5.86. The van der Waals surface area contributed by atoms with Gasteiger partial charge in [0.15, 0.2) is 0 Å². The highest BCUT2D eigenvalue weighted by atomic mass is 19.4. The van der Waals surface area contributed by atoms with E-state index in [2.05, 4.69) is 5.32 Å². The number of amides is 1. The molecule has 0 spiro atoms. The Bertz CT molecular complexity index is 951. The van der Waals surface area contributed by atoms with Gasteiger partial charge in [-0.25, -0.2) is 0 Å². The number of benzene rings is 2. The lowest BCUT2D eigenvalue weighted by atomic mass is 9.76. The number of ether oxygens (including phenoxy) is 1. The van der Waals surface area contributed by atoms with Gasteiger partial charge in [-0.1, -0.05) is 36.4 Å². The van der Waals surface area contributed by atoms with Crippen LogP contribution in [0.25, 0.3) is 0 Å². The average molecular weight is 472 g/mol. The lowest BCUT2D eigenvalue weighted by molar-refractivity contribution is -0.138. The summed E-state index contributed by atoms with van der Waals surface area (Å²) in [5.74, 6) is -0.815. The Morgan fingerprint density at radius 3 is 1.79 bits per heavy atom. The molecular formula is C23H22F6N2O2. The Balaban J connectivity index is 2.50. The van der Waals surface area contributed by atoms with E-state index in [4.69, 9.17) is 4.74 Å². The molecule has 0 aromatic heterocycles. The first-order valence-corrected chi connectivity index (χ1v) is 9.84. The van der Waals surface area contributed by atoms with E-state index >= 15 is 0 Å². The molecule has 0 saturated heterocycles. The molecule has 0 aliphatic carbocycles. The number of nitrogens with one attached hydrogen (secondary N) is 1. The summed E-state index contributed by atoms with van der Waals surface area (Å²) in [4.78, 5) is 13.1. The molecule has 0 bridgehead atoms. The number of alkyl halides is 6. The van der Waals surface area contributed by atoms with Crippen LogP contribution in [0.4, 0.5) is 26.3 Å². The van der Waals surface area contributed by atoms with Crippen LogP contribution in [0.5, 0.6) is 0 Å². The van der Waals surface area contributed by atoms with E-state index in [1.807, 2.05) is 6.07 Å². The van der Waals surface area contributed by atoms with Crippen LogP contribution >= 0.6 is 0 Å². The zero-order valence-electron chi connectivity index (χ0n) is 17.8. The van der Waals surface area contributed by atoms with Gasteiger partial charge >= 0.3 is 12.4 Å². The molecule has 1 amide bonds. The molecule has 0 fully saturated rings. The quantitative estimate of drug-likeness (QED) is 0.540. The van der Waals surface area contributed by atoms with E-state index in [-0.39, 0.29) is 17.7 Å². The van der Waals surface area contributed by atoms with Gasteiger partial charge in [-0.2, -0.15) is 31.6 Å². The predicted molar refractivity (Wildman–Crippen MR) is 108 cm³/mol. The molecule has 1 atom stereocenters. The minimum absolute atomic E-state index is 0.0490. The molecule has 0 aliphatic rings. The second-order valence-electron chi connectivity index (χ2n) is 7.77. The van der Waals surface area contributed by atoms with E-state index in [0.717, 1.165) is 36.4 Å². The summed E-state index contributed by atoms with van der Waals surface area (Å²) in [7, 11) is 1.39. The maximum Gasteiger partial charge on any atom is 0.416 e. The van der Waals surface area contributed by atoms with Gasteiger partial charge in [-0.05, 0) is 30.2 Å². The van der Waals surface area contributed by atoms with Gasteiger partial charge in [0.1, 0.15) is 5.41 Å². The van der Waals surface area contributed by atoms with Crippen LogP contribution in [0, 0.1) is 16.7 Å². The van der Waals surface area contributed by atoms with Crippen molar-refractivity contribution in [2.24, 2.45) is 5.41 Å². The van der Waals surface area contributed by atoms with Crippen molar-refractivity contribution in [3.8, 4) is 6.07 Å². The summed E-state index contributed by atoms with van der Waals surface area (Å²) in [6, 6.07) is 9.63. The van der Waals surface area contributed by atoms with Crippen molar-refractivity contribution in [3.63, 3.8) is 0 Å². The fourth-order valence-corrected chi connectivity index (χ4v) is 3.42. The maximum atomic E-state index is 13.1. The number of nitrogens with zero attached hydrogens (tertiary/aromatic N) is 1. The zero-order chi connectivity index (χ0) is 24.9. The monoisotopic (exact) mass is 472 g/mol. The Kier molecular flexibility index (Phi) is 8.14. The maximum absolute atomic E-state index is 13.1. The molecule has 33 heavy (non-hydrogen) atoms. The number of nitriles is 1. The van der Waals surface area contributed by atoms with Gasteiger partial charge in [-0.3, -0.25) is 4.79 Å². The van der Waals surface area contributed by atoms with Gasteiger partial charge in [0.25, 0.3) is 0 Å². The minimum Gasteiger partial charge on any atom is -0.383 e. The second kappa shape index (κ2) is 10.3. The van der Waals surface area contributed by atoms with E-state index in [9.17, 15) is 36.4 Å². The zero-order valence-corrected chi connectivity index (χ0v) is 17.8. The highest BCUT2D eigenvalue weighted by Gasteiger charge is 2.41. The Morgan fingerprint density at radius 1 is 0.970 bits per heavy atom. The number of hydrogen-bond acceptors (Lipinski definition) is 3. The van der Waals surface area contributed by atoms with Crippen LogP contribution in [-0.2, 0) is 34.7 Å². The van der Waals surface area contributed by atoms with Crippen LogP contribution in [0.1, 0.15) is 29.2 Å². The van der Waals surface area contributed by atoms with Gasteiger partial charge in [0, 0.05) is 26.0 Å². The number of rotatable bonds is 8. The van der Waals surface area contributed by atoms with Crippen LogP contribution in [-0.4, -0.2) is 25.7 Å². The predicted octanol–water partition coefficient (Wildman–Crippen LogP) is 5.17. The molecular weight excluding hydrogens is 450 g/mol. The molecule has 0 radical (unpaired) electrons. The number of halogens is 6. The molecule has 4 nitrogen and oxygen atoms in total. The third-order valence-corrected chi connectivity index (χ3v) is 4.96. The van der Waals surface area contributed by atoms with Crippen LogP contribution in [0.15, 0.2) is 48.5 Å². The first-order valence-electron chi connectivity index (χ1n) is 9.84. The molecule has 1 N–H and O–H groups in total. The summed E-state index contributed by atoms with van der Waals surface area (Å²) in [6.07, 6.45) is -10.1. The molecule has 178 valence electrons. The number of carbonyl (C=O) groups is 1. The molecule has 0 aliphatic heterocycles. The van der Waals surface area contributed by atoms with E-state index in [0.29, 0.717) is 0 Å². The van der Waals surface area contributed by atoms with Gasteiger partial charge < -0.3 is 10.1 Å². The minimum atomic E-state index is -4.64. The van der Waals surface area contributed by atoms with Gasteiger partial charge in [0.2, 0.25) is 5.91 Å². The van der Waals surface area contributed by atoms with Crippen LogP contribution in [0.3, 0.4) is 0 Å². The second-order valence-corrected chi connectivity index (χ2v) is 7.77. The molecule has 0 unspecified atom stereocenters. The lowest BCUT2D eigenvalue weighted by Crippen LogP contribution is -2.47. The van der Waals surface area contributed by atoms with Gasteiger partial charge in [-0.15, -0.1) is 0 Å². The van der Waals surface area contributed by atoms with Gasteiger partial charge in [0.05, 0.1) is 23.8 Å². The summed E-state index contributed by atoms with van der Waals surface area (Å²) >= 11 is 0. The number of hydrogen-bond donors (Lipinski definition) is 1. The van der Waals surface area contributed by atoms with E-state index in [1.165, 1.54) is 19.2 Å². The molecule has 0 heterocycles. The van der Waals surface area contributed by atoms with Crippen molar-refractivity contribution in [2.75, 3.05) is 13.7 Å². The summed E-state index contributed by atoms with van der Waals surface area (Å²) in [5, 5.41) is 12.6. The van der Waals surface area contributed by atoms with Crippen molar-refractivity contribution in [1.82, 2.24) is 5.32 Å². The van der Waals surface area contributed by atoms with E-state index < -0.39 is 53.7 Å². The first-order chi connectivity index (χ1) is 15.3. The summed E-state index contributed by atoms with van der Waals surface area (Å²) < 4.78 is 83.8. The standard InChI is InChI=1S/C23H22F6N2O2/c1-15(13-33-2)31-20(32)21(14-30,11-16-5-3-7-18(9-16)22(24,25)26)12-17-6-4-8-19(10-17)23(27,28)29/h3-10,15H,11-13H2,1-2H3,(H,31,32)/t15-/m1/s1. The topological polar surface area (TPSA) is 62.1 Å². The van der Waals surface area contributed by atoms with Crippen molar-refractivity contribution in [1.29, 1.82) is 5.26 Å². The van der Waals surface area contributed by atoms with Crippen LogP contribution < -0.4 is 5.32 Å². The SMILES string of the molecule is COC[C@@H](C)NC(=O)C(C#N)(Cc1cccc(C(F)(F)F)c1)Cc1cccc(C(F)(F)F)c1. The summed E-state index contributed by atoms with van der Waals surface area (Å²) in [6.45, 7) is 1.69. The number of carbonyl (C=O) groups excluding carboxylic acids is 1. The first kappa shape index (κ1) is 26.2. The normalized spacial score (nSPS) is 13.3. The van der Waals surface area contributed by atoms with Crippen LogP contribution in [0.2, 0.25) is 0 Å². The lowest BCUT2D eigenvalue weighted by Gasteiger charge is -2.28. The molecule has 0 saturated carbocycles. The van der Waals surface area contributed by atoms with Crippen molar-refractivity contribution < 1.29 is 35.9 Å². The third kappa shape index (κ3) is 6.96. The fourth-order valence-electron chi connectivity index (χ4n) is 3.42. The highest BCUT2D eigenvalue weighted by Crippen LogP contribution is 2.35. The Morgan fingerprint density at radius 2 is 1.42 bits per heavy atom. The van der Waals surface area contributed by atoms with Crippen molar-refractivity contribution >= 4 is 5.91 Å². The van der Waals surface area contributed by atoms with Crippen molar-refractivity contribution in [3.05, 3.63) is 70.8 Å². The van der Waals surface area contributed by atoms with Crippen molar-refractivity contribution in [2.45, 2.75) is 38.2 Å².